The second-order valence-corrected chi connectivity index (χ2v) is 10.8. The van der Waals surface area contributed by atoms with Crippen molar-refractivity contribution in [3.8, 4) is 5.88 Å². The highest BCUT2D eigenvalue weighted by atomic mass is 32.2. The number of methoxy groups -OCH3 is 1. The molecule has 206 valence electrons. The van der Waals surface area contributed by atoms with Crippen LogP contribution in [0, 0.1) is 5.82 Å². The lowest BCUT2D eigenvalue weighted by Gasteiger charge is -2.46. The van der Waals surface area contributed by atoms with Crippen LogP contribution in [0.5, 0.6) is 5.88 Å². The summed E-state index contributed by atoms with van der Waals surface area (Å²) in [7, 11) is 1.54. The molecule has 0 aromatic carbocycles. The molecule has 2 fully saturated rings. The smallest absolute Gasteiger partial charge is 0.237 e. The van der Waals surface area contributed by atoms with Gasteiger partial charge in [0.05, 0.1) is 53.8 Å². The van der Waals surface area contributed by atoms with Crippen LogP contribution in [0.1, 0.15) is 18.7 Å². The second-order valence-electron chi connectivity index (χ2n) is 9.74. The fraction of sp³-hybridized carbons (Fsp3) is 0.444. The maximum Gasteiger partial charge on any atom is 0.237 e. The van der Waals surface area contributed by atoms with E-state index in [1.54, 1.807) is 12.1 Å². The number of aromatic nitrogens is 3. The molecule has 1 unspecified atom stereocenters. The number of fused-ring (bicyclic) bond motifs is 3. The monoisotopic (exact) mass is 553 g/mol. The molecule has 1 N–H and O–H groups in total. The number of anilines is 1. The zero-order valence-corrected chi connectivity index (χ0v) is 21.8. The molecule has 6 heterocycles. The molecule has 3 aliphatic rings. The molecule has 0 bridgehead atoms. The van der Waals surface area contributed by atoms with Crippen molar-refractivity contribution in [1.82, 2.24) is 29.7 Å². The Morgan fingerprint density at radius 3 is 2.87 bits per heavy atom. The molecular formula is C27H32FN7O3S. The fourth-order valence-electron chi connectivity index (χ4n) is 5.31. The van der Waals surface area contributed by atoms with Crippen molar-refractivity contribution in [3.05, 3.63) is 47.5 Å². The summed E-state index contributed by atoms with van der Waals surface area (Å²) < 4.78 is 20.0. The van der Waals surface area contributed by atoms with Gasteiger partial charge in [-0.25, -0.2) is 14.4 Å². The molecular weight excluding hydrogens is 521 g/mol. The number of amides is 2. The molecule has 1 atom stereocenters. The van der Waals surface area contributed by atoms with E-state index in [2.05, 4.69) is 30.1 Å². The minimum atomic E-state index is -0.363. The zero-order valence-electron chi connectivity index (χ0n) is 21.0. The maximum absolute atomic E-state index is 14.8. The van der Waals surface area contributed by atoms with Crippen LogP contribution >= 0.6 is 11.8 Å². The van der Waals surface area contributed by atoms with Crippen LogP contribution in [-0.4, -0.2) is 99.6 Å². The van der Waals surface area contributed by atoms with E-state index in [4.69, 9.17) is 4.74 Å². The van der Waals surface area contributed by atoms with Crippen LogP contribution in [0.25, 0.3) is 11.0 Å². The topological polar surface area (TPSA) is 104 Å². The van der Waals surface area contributed by atoms with Gasteiger partial charge in [-0.1, -0.05) is 7.43 Å². The van der Waals surface area contributed by atoms with Gasteiger partial charge in [-0.15, -0.1) is 11.8 Å². The second kappa shape index (κ2) is 11.4. The van der Waals surface area contributed by atoms with Crippen molar-refractivity contribution in [2.75, 3.05) is 57.4 Å². The first-order valence-corrected chi connectivity index (χ1v) is 13.6. The summed E-state index contributed by atoms with van der Waals surface area (Å²) in [5.74, 6) is 1.05. The third-order valence-electron chi connectivity index (χ3n) is 7.32. The average molecular weight is 554 g/mol. The molecule has 3 aliphatic heterocycles. The predicted molar refractivity (Wildman–Crippen MR) is 147 cm³/mol. The van der Waals surface area contributed by atoms with Crippen molar-refractivity contribution in [1.29, 1.82) is 0 Å². The van der Waals surface area contributed by atoms with Crippen molar-refractivity contribution >= 4 is 40.4 Å². The average Bonchev–Trinajstić information content (AvgIpc) is 2.92. The summed E-state index contributed by atoms with van der Waals surface area (Å²) in [5, 5.41) is 2.82. The first-order chi connectivity index (χ1) is 18.5. The van der Waals surface area contributed by atoms with Crippen molar-refractivity contribution in [3.63, 3.8) is 0 Å². The van der Waals surface area contributed by atoms with Gasteiger partial charge in [0.2, 0.25) is 17.7 Å². The number of ether oxygens (including phenoxy) is 1. The first kappa shape index (κ1) is 27.2. The summed E-state index contributed by atoms with van der Waals surface area (Å²) in [6.45, 7) is 4.44. The number of thioether (sulfide) groups is 1. The van der Waals surface area contributed by atoms with Crippen LogP contribution in [0.2, 0.25) is 0 Å². The van der Waals surface area contributed by atoms with Gasteiger partial charge >= 0.3 is 0 Å². The number of piperazine rings is 2. The van der Waals surface area contributed by atoms with Gasteiger partial charge in [0.25, 0.3) is 0 Å². The van der Waals surface area contributed by atoms with E-state index in [0.717, 1.165) is 30.2 Å². The molecule has 2 amide bonds. The van der Waals surface area contributed by atoms with Crippen LogP contribution in [0.15, 0.2) is 35.4 Å². The van der Waals surface area contributed by atoms with Gasteiger partial charge in [0.1, 0.15) is 11.6 Å². The van der Waals surface area contributed by atoms with E-state index in [1.165, 1.54) is 25.1 Å². The molecule has 2 saturated heterocycles. The van der Waals surface area contributed by atoms with Crippen molar-refractivity contribution in [2.24, 2.45) is 0 Å². The molecule has 6 rings (SSSR count). The largest absolute Gasteiger partial charge is 0.481 e. The molecule has 0 spiro atoms. The lowest BCUT2D eigenvalue weighted by molar-refractivity contribution is -0.141. The molecule has 0 saturated carbocycles. The van der Waals surface area contributed by atoms with Crippen molar-refractivity contribution in [2.45, 2.75) is 31.3 Å². The molecule has 3 aromatic heterocycles. The van der Waals surface area contributed by atoms with E-state index >= 15 is 0 Å². The highest BCUT2D eigenvalue weighted by molar-refractivity contribution is 8.00. The number of rotatable bonds is 6. The third kappa shape index (κ3) is 5.68. The fourth-order valence-corrected chi connectivity index (χ4v) is 6.07. The summed E-state index contributed by atoms with van der Waals surface area (Å²) in [6.07, 6.45) is 1.76. The van der Waals surface area contributed by atoms with E-state index in [-0.39, 0.29) is 31.1 Å². The highest BCUT2D eigenvalue weighted by Crippen LogP contribution is 2.30. The van der Waals surface area contributed by atoms with E-state index in [0.29, 0.717) is 66.6 Å². The SMILES string of the molecule is C.COc1ccc2ncc(F)c(CCN3CCN4CC(=O)N(Cc5ccc6c(n5)NC(=O)CS6)CC4C3)c2n1. The molecule has 12 heteroatoms. The van der Waals surface area contributed by atoms with E-state index in [1.807, 2.05) is 17.0 Å². The summed E-state index contributed by atoms with van der Waals surface area (Å²) >= 11 is 1.47. The Morgan fingerprint density at radius 2 is 2.03 bits per heavy atom. The summed E-state index contributed by atoms with van der Waals surface area (Å²) in [6, 6.07) is 7.58. The lowest BCUT2D eigenvalue weighted by Crippen LogP contribution is -2.63. The zero-order chi connectivity index (χ0) is 26.2. The predicted octanol–water partition coefficient (Wildman–Crippen LogP) is 2.42. The minimum Gasteiger partial charge on any atom is -0.481 e. The quantitative estimate of drug-likeness (QED) is 0.493. The van der Waals surface area contributed by atoms with E-state index < -0.39 is 0 Å². The Kier molecular flexibility index (Phi) is 7.96. The lowest BCUT2D eigenvalue weighted by atomic mass is 10.1. The normalized spacial score (nSPS) is 19.7. The number of carbonyl (C=O) groups excluding carboxylic acids is 2. The number of halogens is 1. The Balaban J connectivity index is 0.00000308. The van der Waals surface area contributed by atoms with Crippen LogP contribution < -0.4 is 10.1 Å². The molecule has 0 aliphatic carbocycles. The van der Waals surface area contributed by atoms with Crippen LogP contribution in [0.4, 0.5) is 10.2 Å². The van der Waals surface area contributed by atoms with Crippen LogP contribution in [-0.2, 0) is 22.6 Å². The Bertz CT molecular complexity index is 1410. The minimum absolute atomic E-state index is 0. The first-order valence-electron chi connectivity index (χ1n) is 12.6. The highest BCUT2D eigenvalue weighted by Gasteiger charge is 2.36. The Labute approximate surface area is 230 Å². The number of hydrogen-bond acceptors (Lipinski definition) is 9. The van der Waals surface area contributed by atoms with Gasteiger partial charge in [0, 0.05) is 50.4 Å². The third-order valence-corrected chi connectivity index (χ3v) is 8.37. The maximum atomic E-state index is 14.8. The molecule has 39 heavy (non-hydrogen) atoms. The molecule has 0 radical (unpaired) electrons. The van der Waals surface area contributed by atoms with Crippen LogP contribution in [0.3, 0.4) is 0 Å². The standard InChI is InChI=1S/C26H28FN7O3S.CH4/c1-37-23-5-3-20-25(31-23)18(19(27)10-28-20)6-7-32-8-9-33-14-24(36)34(13-17(33)12-32)11-16-2-4-21-26(29-16)30-22(35)15-38-21;/h2-5,10,17H,6-9,11-15H2,1H3,(H,29,30,35);1H4. The van der Waals surface area contributed by atoms with Gasteiger partial charge in [-0.3, -0.25) is 19.5 Å². The van der Waals surface area contributed by atoms with E-state index in [9.17, 15) is 14.0 Å². The molecule has 10 nitrogen and oxygen atoms in total. The van der Waals surface area contributed by atoms with Gasteiger partial charge in [-0.2, -0.15) is 0 Å². The number of hydrogen-bond donors (Lipinski definition) is 1. The number of carbonyl (C=O) groups is 2. The van der Waals surface area contributed by atoms with Gasteiger partial charge < -0.3 is 19.9 Å². The number of nitrogens with zero attached hydrogens (tertiary/aromatic N) is 6. The number of pyridine rings is 3. The van der Waals surface area contributed by atoms with Gasteiger partial charge in [0.15, 0.2) is 0 Å². The number of nitrogens with one attached hydrogen (secondary N) is 1. The Morgan fingerprint density at radius 1 is 1.15 bits per heavy atom. The van der Waals surface area contributed by atoms with Crippen molar-refractivity contribution < 1.29 is 18.7 Å². The summed E-state index contributed by atoms with van der Waals surface area (Å²) in [5.41, 5.74) is 2.47. The Hall–Kier alpha value is -3.35. The summed E-state index contributed by atoms with van der Waals surface area (Å²) in [4.78, 5) is 45.2. The van der Waals surface area contributed by atoms with Gasteiger partial charge in [-0.05, 0) is 24.6 Å². The molecule has 3 aromatic rings.